The highest BCUT2D eigenvalue weighted by molar-refractivity contribution is 5.54. The molecule has 0 atom stereocenters. The van der Waals surface area contributed by atoms with Crippen LogP contribution in [0.1, 0.15) is 44.7 Å². The van der Waals surface area contributed by atoms with Crippen molar-refractivity contribution in [1.29, 1.82) is 0 Å². The number of piperidine rings is 1. The highest BCUT2D eigenvalue weighted by atomic mass is 16.3. The quantitative estimate of drug-likeness (QED) is 0.876. The molecule has 1 heterocycles. The number of hydrogen-bond donors (Lipinski definition) is 1. The normalized spacial score (nSPS) is 17.8. The number of nitrogens with zero attached hydrogens (tertiary/aromatic N) is 1. The molecule has 2 heteroatoms. The second kappa shape index (κ2) is 5.54. The average molecular weight is 261 g/mol. The second-order valence-corrected chi connectivity index (χ2v) is 6.91. The van der Waals surface area contributed by atoms with Crippen molar-refractivity contribution in [2.45, 2.75) is 47.1 Å². The smallest absolute Gasteiger partial charge is 0.0681 e. The summed E-state index contributed by atoms with van der Waals surface area (Å²) in [6, 6.07) is 6.31. The third-order valence-electron chi connectivity index (χ3n) is 4.50. The topological polar surface area (TPSA) is 23.5 Å². The number of aliphatic hydroxyl groups is 1. The fraction of sp³-hybridized carbons (Fsp3) is 0.647. The molecule has 0 saturated carbocycles. The Bertz CT molecular complexity index is 425. The molecule has 19 heavy (non-hydrogen) atoms. The molecule has 0 unspecified atom stereocenters. The van der Waals surface area contributed by atoms with E-state index in [1.165, 1.54) is 24.1 Å². The Kier molecular flexibility index (Phi) is 4.19. The van der Waals surface area contributed by atoms with Gasteiger partial charge in [0.05, 0.1) is 6.61 Å². The van der Waals surface area contributed by atoms with E-state index in [0.29, 0.717) is 5.41 Å². The zero-order valence-electron chi connectivity index (χ0n) is 12.7. The fourth-order valence-corrected chi connectivity index (χ4v) is 3.16. The Morgan fingerprint density at radius 3 is 2.32 bits per heavy atom. The zero-order valence-corrected chi connectivity index (χ0v) is 12.7. The third-order valence-corrected chi connectivity index (χ3v) is 4.50. The van der Waals surface area contributed by atoms with Crippen molar-refractivity contribution in [2.24, 2.45) is 11.3 Å². The molecule has 1 aromatic rings. The molecule has 2 rings (SSSR count). The molecule has 1 aliphatic rings. The molecule has 1 saturated heterocycles. The Hall–Kier alpha value is -1.02. The zero-order chi connectivity index (χ0) is 14.0. The van der Waals surface area contributed by atoms with Crippen LogP contribution < -0.4 is 4.90 Å². The van der Waals surface area contributed by atoms with Gasteiger partial charge in [0.25, 0.3) is 0 Å². The maximum absolute atomic E-state index is 9.17. The van der Waals surface area contributed by atoms with E-state index in [2.05, 4.69) is 44.7 Å². The Labute approximate surface area is 117 Å². The Morgan fingerprint density at radius 2 is 1.84 bits per heavy atom. The molecule has 0 amide bonds. The van der Waals surface area contributed by atoms with Crippen molar-refractivity contribution in [3.8, 4) is 0 Å². The first-order chi connectivity index (χ1) is 8.91. The minimum absolute atomic E-state index is 0.132. The predicted octanol–water partition coefficient (Wildman–Crippen LogP) is 3.75. The molecule has 0 aliphatic carbocycles. The molecule has 2 nitrogen and oxygen atoms in total. The highest BCUT2D eigenvalue weighted by Gasteiger charge is 2.29. The minimum Gasteiger partial charge on any atom is -0.392 e. The Morgan fingerprint density at radius 1 is 1.21 bits per heavy atom. The van der Waals surface area contributed by atoms with E-state index in [1.807, 2.05) is 6.07 Å². The fourth-order valence-electron chi connectivity index (χ4n) is 3.16. The van der Waals surface area contributed by atoms with Gasteiger partial charge in [-0.1, -0.05) is 32.9 Å². The van der Waals surface area contributed by atoms with Gasteiger partial charge in [0, 0.05) is 18.8 Å². The van der Waals surface area contributed by atoms with Crippen LogP contribution in [0.3, 0.4) is 0 Å². The van der Waals surface area contributed by atoms with Gasteiger partial charge in [0.2, 0.25) is 0 Å². The van der Waals surface area contributed by atoms with Crippen molar-refractivity contribution in [2.75, 3.05) is 18.0 Å². The lowest BCUT2D eigenvalue weighted by Gasteiger charge is -2.40. The molecular weight excluding hydrogens is 234 g/mol. The lowest BCUT2D eigenvalue weighted by Crippen LogP contribution is -2.38. The van der Waals surface area contributed by atoms with Crippen LogP contribution in [0, 0.1) is 18.3 Å². The summed E-state index contributed by atoms with van der Waals surface area (Å²) >= 11 is 0. The number of benzene rings is 1. The van der Waals surface area contributed by atoms with Crippen molar-refractivity contribution in [3.05, 3.63) is 29.3 Å². The highest BCUT2D eigenvalue weighted by Crippen LogP contribution is 2.36. The van der Waals surface area contributed by atoms with E-state index >= 15 is 0 Å². The number of anilines is 1. The van der Waals surface area contributed by atoms with Crippen LogP contribution in [0.25, 0.3) is 0 Å². The molecule has 106 valence electrons. The molecule has 1 aromatic carbocycles. The monoisotopic (exact) mass is 261 g/mol. The van der Waals surface area contributed by atoms with E-state index in [9.17, 15) is 5.11 Å². The first kappa shape index (κ1) is 14.4. The third kappa shape index (κ3) is 3.30. The van der Waals surface area contributed by atoms with Gasteiger partial charge >= 0.3 is 0 Å². The van der Waals surface area contributed by atoms with Crippen molar-refractivity contribution >= 4 is 5.69 Å². The number of aryl methyl sites for hydroxylation is 1. The van der Waals surface area contributed by atoms with Crippen LogP contribution in [-0.2, 0) is 6.61 Å². The van der Waals surface area contributed by atoms with Crippen LogP contribution in [-0.4, -0.2) is 18.2 Å². The largest absolute Gasteiger partial charge is 0.392 e. The molecular formula is C17H27NO. The number of rotatable bonds is 2. The average Bonchev–Trinajstić information content (AvgIpc) is 2.37. The summed E-state index contributed by atoms with van der Waals surface area (Å²) in [5.74, 6) is 0.834. The summed E-state index contributed by atoms with van der Waals surface area (Å²) in [6.45, 7) is 11.7. The minimum atomic E-state index is 0.132. The van der Waals surface area contributed by atoms with Crippen LogP contribution in [0.5, 0.6) is 0 Å². The SMILES string of the molecule is Cc1cc(CO)ccc1N1CCC(C(C)(C)C)CC1. The molecule has 1 aliphatic heterocycles. The van der Waals surface area contributed by atoms with E-state index < -0.39 is 0 Å². The van der Waals surface area contributed by atoms with Gasteiger partial charge in [-0.3, -0.25) is 0 Å². The summed E-state index contributed by atoms with van der Waals surface area (Å²) in [5, 5.41) is 9.17. The summed E-state index contributed by atoms with van der Waals surface area (Å²) < 4.78 is 0. The molecule has 0 radical (unpaired) electrons. The predicted molar refractivity (Wildman–Crippen MR) is 81.5 cm³/mol. The van der Waals surface area contributed by atoms with E-state index in [1.54, 1.807) is 0 Å². The van der Waals surface area contributed by atoms with Crippen molar-refractivity contribution in [1.82, 2.24) is 0 Å². The van der Waals surface area contributed by atoms with E-state index in [0.717, 1.165) is 24.6 Å². The maximum atomic E-state index is 9.17. The van der Waals surface area contributed by atoms with Gasteiger partial charge in [-0.2, -0.15) is 0 Å². The summed E-state index contributed by atoms with van der Waals surface area (Å²) in [7, 11) is 0. The number of hydrogen-bond acceptors (Lipinski definition) is 2. The first-order valence-corrected chi connectivity index (χ1v) is 7.37. The Balaban J connectivity index is 2.06. The molecule has 1 N–H and O–H groups in total. The van der Waals surface area contributed by atoms with Crippen LogP contribution in [0.2, 0.25) is 0 Å². The maximum Gasteiger partial charge on any atom is 0.0681 e. The standard InChI is InChI=1S/C17H27NO/c1-13-11-14(12-19)5-6-16(13)18-9-7-15(8-10-18)17(2,3)4/h5-6,11,15,19H,7-10,12H2,1-4H3. The summed E-state index contributed by atoms with van der Waals surface area (Å²) in [4.78, 5) is 2.50. The van der Waals surface area contributed by atoms with E-state index in [4.69, 9.17) is 0 Å². The van der Waals surface area contributed by atoms with Gasteiger partial charge in [-0.25, -0.2) is 0 Å². The lowest BCUT2D eigenvalue weighted by molar-refractivity contribution is 0.199. The van der Waals surface area contributed by atoms with Gasteiger partial charge in [-0.15, -0.1) is 0 Å². The van der Waals surface area contributed by atoms with Crippen LogP contribution >= 0.6 is 0 Å². The molecule has 0 bridgehead atoms. The molecule has 1 fully saturated rings. The van der Waals surface area contributed by atoms with Gasteiger partial charge in [-0.05, 0) is 48.3 Å². The lowest BCUT2D eigenvalue weighted by atomic mass is 9.75. The van der Waals surface area contributed by atoms with Crippen molar-refractivity contribution < 1.29 is 5.11 Å². The molecule has 0 spiro atoms. The second-order valence-electron chi connectivity index (χ2n) is 6.91. The number of aliphatic hydroxyl groups excluding tert-OH is 1. The first-order valence-electron chi connectivity index (χ1n) is 7.37. The van der Waals surface area contributed by atoms with Crippen molar-refractivity contribution in [3.63, 3.8) is 0 Å². The van der Waals surface area contributed by atoms with Gasteiger partial charge in [0.1, 0.15) is 0 Å². The van der Waals surface area contributed by atoms with Crippen LogP contribution in [0.4, 0.5) is 5.69 Å². The summed E-state index contributed by atoms with van der Waals surface area (Å²) in [6.07, 6.45) is 2.56. The van der Waals surface area contributed by atoms with Gasteiger partial charge in [0.15, 0.2) is 0 Å². The van der Waals surface area contributed by atoms with Crippen LogP contribution in [0.15, 0.2) is 18.2 Å². The van der Waals surface area contributed by atoms with Gasteiger partial charge < -0.3 is 10.0 Å². The van der Waals surface area contributed by atoms with E-state index in [-0.39, 0.29) is 6.61 Å². The molecule has 0 aromatic heterocycles. The summed E-state index contributed by atoms with van der Waals surface area (Å²) in [5.41, 5.74) is 4.05.